The van der Waals surface area contributed by atoms with Gasteiger partial charge in [-0.3, -0.25) is 4.79 Å². The fourth-order valence-corrected chi connectivity index (χ4v) is 2.50. The van der Waals surface area contributed by atoms with Crippen molar-refractivity contribution in [2.24, 2.45) is 0 Å². The highest BCUT2D eigenvalue weighted by atomic mass is 16.2. The number of carbonyl (C=O) groups excluding carboxylic acids is 1. The maximum absolute atomic E-state index is 11.6. The first-order chi connectivity index (χ1) is 8.31. The van der Waals surface area contributed by atoms with Crippen molar-refractivity contribution in [2.45, 2.75) is 25.2 Å². The molecule has 0 bridgehead atoms. The van der Waals surface area contributed by atoms with Crippen molar-refractivity contribution >= 4 is 5.91 Å². The fourth-order valence-electron chi connectivity index (χ4n) is 2.50. The van der Waals surface area contributed by atoms with Gasteiger partial charge in [-0.1, -0.05) is 36.9 Å². The number of rotatable bonds is 2. The van der Waals surface area contributed by atoms with Crippen LogP contribution in [0.3, 0.4) is 0 Å². The maximum Gasteiger partial charge on any atom is 0.245 e. The molecule has 1 aliphatic rings. The predicted octanol–water partition coefficient (Wildman–Crippen LogP) is 2.97. The number of benzene rings is 1. The van der Waals surface area contributed by atoms with Crippen LogP contribution in [0.1, 0.15) is 30.7 Å². The summed E-state index contributed by atoms with van der Waals surface area (Å²) in [6, 6.07) is 10.6. The number of amides is 1. The van der Waals surface area contributed by atoms with E-state index in [-0.39, 0.29) is 5.91 Å². The molecule has 2 nitrogen and oxygen atoms in total. The normalized spacial score (nSPS) is 20.7. The van der Waals surface area contributed by atoms with E-state index in [4.69, 9.17) is 0 Å². The Hall–Kier alpha value is -1.57. The van der Waals surface area contributed by atoms with Crippen LogP contribution in [0.4, 0.5) is 0 Å². The first-order valence-corrected chi connectivity index (χ1v) is 6.27. The SMILES string of the molecule is C=CC(=O)N1CCCC(c2ccccc2)CC1. The highest BCUT2D eigenvalue weighted by Crippen LogP contribution is 2.27. The van der Waals surface area contributed by atoms with Crippen molar-refractivity contribution in [1.29, 1.82) is 0 Å². The summed E-state index contributed by atoms with van der Waals surface area (Å²) >= 11 is 0. The van der Waals surface area contributed by atoms with Crippen molar-refractivity contribution in [2.75, 3.05) is 13.1 Å². The van der Waals surface area contributed by atoms with E-state index in [1.807, 2.05) is 11.0 Å². The second-order valence-corrected chi connectivity index (χ2v) is 4.57. The van der Waals surface area contributed by atoms with Crippen LogP contribution in [0, 0.1) is 0 Å². The highest BCUT2D eigenvalue weighted by molar-refractivity contribution is 5.86. The van der Waals surface area contributed by atoms with Crippen LogP contribution in [0.5, 0.6) is 0 Å². The largest absolute Gasteiger partial charge is 0.339 e. The van der Waals surface area contributed by atoms with Crippen molar-refractivity contribution in [3.05, 3.63) is 48.6 Å². The van der Waals surface area contributed by atoms with Gasteiger partial charge in [0, 0.05) is 13.1 Å². The number of hydrogen-bond donors (Lipinski definition) is 0. The molecular formula is C15H19NO. The van der Waals surface area contributed by atoms with Crippen molar-refractivity contribution in [3.8, 4) is 0 Å². The van der Waals surface area contributed by atoms with E-state index in [1.165, 1.54) is 18.1 Å². The van der Waals surface area contributed by atoms with Crippen LogP contribution >= 0.6 is 0 Å². The van der Waals surface area contributed by atoms with Gasteiger partial charge in [0.2, 0.25) is 5.91 Å². The number of nitrogens with zero attached hydrogens (tertiary/aromatic N) is 1. The Morgan fingerprint density at radius 3 is 2.71 bits per heavy atom. The Labute approximate surface area is 103 Å². The zero-order chi connectivity index (χ0) is 12.1. The summed E-state index contributed by atoms with van der Waals surface area (Å²) in [7, 11) is 0. The molecule has 1 unspecified atom stereocenters. The van der Waals surface area contributed by atoms with Crippen LogP contribution in [-0.2, 0) is 4.79 Å². The molecule has 1 aromatic carbocycles. The van der Waals surface area contributed by atoms with E-state index in [9.17, 15) is 4.79 Å². The molecule has 0 N–H and O–H groups in total. The molecule has 1 aliphatic heterocycles. The molecule has 0 saturated carbocycles. The Morgan fingerprint density at radius 1 is 1.24 bits per heavy atom. The van der Waals surface area contributed by atoms with Gasteiger partial charge >= 0.3 is 0 Å². The average Bonchev–Trinajstić information content (AvgIpc) is 2.64. The van der Waals surface area contributed by atoms with Crippen LogP contribution in [-0.4, -0.2) is 23.9 Å². The number of hydrogen-bond acceptors (Lipinski definition) is 1. The smallest absolute Gasteiger partial charge is 0.245 e. The van der Waals surface area contributed by atoms with E-state index in [0.29, 0.717) is 5.92 Å². The van der Waals surface area contributed by atoms with Gasteiger partial charge in [-0.25, -0.2) is 0 Å². The Balaban J connectivity index is 2.01. The van der Waals surface area contributed by atoms with Gasteiger partial charge in [0.25, 0.3) is 0 Å². The van der Waals surface area contributed by atoms with Crippen LogP contribution < -0.4 is 0 Å². The van der Waals surface area contributed by atoms with E-state index in [0.717, 1.165) is 25.9 Å². The summed E-state index contributed by atoms with van der Waals surface area (Å²) < 4.78 is 0. The Bertz CT molecular complexity index is 385. The molecule has 0 aliphatic carbocycles. The molecule has 1 heterocycles. The summed E-state index contributed by atoms with van der Waals surface area (Å²) in [6.45, 7) is 5.27. The van der Waals surface area contributed by atoms with Gasteiger partial charge in [-0.15, -0.1) is 0 Å². The standard InChI is InChI=1S/C15H19NO/c1-2-15(17)16-11-6-9-14(10-12-16)13-7-4-3-5-8-13/h2-5,7-8,14H,1,6,9-12H2. The lowest BCUT2D eigenvalue weighted by atomic mass is 9.92. The number of carbonyl (C=O) groups is 1. The minimum Gasteiger partial charge on any atom is -0.339 e. The molecule has 0 spiro atoms. The van der Waals surface area contributed by atoms with Gasteiger partial charge in [-0.2, -0.15) is 0 Å². The van der Waals surface area contributed by atoms with Crippen molar-refractivity contribution < 1.29 is 4.79 Å². The number of likely N-dealkylation sites (tertiary alicyclic amines) is 1. The van der Waals surface area contributed by atoms with Gasteiger partial charge in [0.15, 0.2) is 0 Å². The fraction of sp³-hybridized carbons (Fsp3) is 0.400. The molecule has 1 saturated heterocycles. The first-order valence-electron chi connectivity index (χ1n) is 6.27. The molecule has 17 heavy (non-hydrogen) atoms. The molecule has 1 fully saturated rings. The lowest BCUT2D eigenvalue weighted by molar-refractivity contribution is -0.125. The van der Waals surface area contributed by atoms with Gasteiger partial charge in [-0.05, 0) is 36.8 Å². The molecule has 0 radical (unpaired) electrons. The van der Waals surface area contributed by atoms with Gasteiger partial charge < -0.3 is 4.90 Å². The topological polar surface area (TPSA) is 20.3 Å². The zero-order valence-electron chi connectivity index (χ0n) is 10.1. The van der Waals surface area contributed by atoms with Crippen LogP contribution in [0.25, 0.3) is 0 Å². The minimum absolute atomic E-state index is 0.0683. The average molecular weight is 229 g/mol. The highest BCUT2D eigenvalue weighted by Gasteiger charge is 2.19. The summed E-state index contributed by atoms with van der Waals surface area (Å²) in [4.78, 5) is 13.5. The summed E-state index contributed by atoms with van der Waals surface area (Å²) in [5, 5.41) is 0. The van der Waals surface area contributed by atoms with Crippen molar-refractivity contribution in [1.82, 2.24) is 4.90 Å². The lowest BCUT2D eigenvalue weighted by Crippen LogP contribution is -2.30. The first kappa shape index (κ1) is 11.9. The van der Waals surface area contributed by atoms with Crippen LogP contribution in [0.15, 0.2) is 43.0 Å². The van der Waals surface area contributed by atoms with E-state index >= 15 is 0 Å². The molecule has 2 heteroatoms. The maximum atomic E-state index is 11.6. The molecule has 90 valence electrons. The van der Waals surface area contributed by atoms with E-state index < -0.39 is 0 Å². The van der Waals surface area contributed by atoms with Crippen molar-refractivity contribution in [3.63, 3.8) is 0 Å². The lowest BCUT2D eigenvalue weighted by Gasteiger charge is -2.18. The Kier molecular flexibility index (Phi) is 3.97. The molecule has 1 amide bonds. The van der Waals surface area contributed by atoms with Gasteiger partial charge in [0.05, 0.1) is 0 Å². The molecule has 0 aromatic heterocycles. The minimum atomic E-state index is 0.0683. The quantitative estimate of drug-likeness (QED) is 0.714. The second-order valence-electron chi connectivity index (χ2n) is 4.57. The predicted molar refractivity (Wildman–Crippen MR) is 69.8 cm³/mol. The third kappa shape index (κ3) is 2.96. The third-order valence-corrected chi connectivity index (χ3v) is 3.49. The van der Waals surface area contributed by atoms with Crippen LogP contribution in [0.2, 0.25) is 0 Å². The van der Waals surface area contributed by atoms with E-state index in [1.54, 1.807) is 0 Å². The molecular weight excluding hydrogens is 210 g/mol. The van der Waals surface area contributed by atoms with E-state index in [2.05, 4.69) is 30.8 Å². The molecule has 1 atom stereocenters. The zero-order valence-corrected chi connectivity index (χ0v) is 10.1. The molecule has 1 aromatic rings. The monoisotopic (exact) mass is 229 g/mol. The molecule has 2 rings (SSSR count). The third-order valence-electron chi connectivity index (χ3n) is 3.49. The summed E-state index contributed by atoms with van der Waals surface area (Å²) in [6.07, 6.45) is 4.73. The summed E-state index contributed by atoms with van der Waals surface area (Å²) in [5.41, 5.74) is 1.40. The summed E-state index contributed by atoms with van der Waals surface area (Å²) in [5.74, 6) is 0.664. The van der Waals surface area contributed by atoms with Gasteiger partial charge in [0.1, 0.15) is 0 Å². The second kappa shape index (κ2) is 5.67. The Morgan fingerprint density at radius 2 is 2.00 bits per heavy atom.